The zero-order valence-electron chi connectivity index (χ0n) is 12.1. The molecule has 2 rings (SSSR count). The SMILES string of the molecule is CCCNC1(C(=O)OCC)CCC(Sc2ncc[nH]2)C1. The van der Waals surface area contributed by atoms with Gasteiger partial charge in [-0.05, 0) is 39.2 Å². The molecule has 1 aliphatic rings. The van der Waals surface area contributed by atoms with Gasteiger partial charge in [0.1, 0.15) is 5.54 Å². The molecule has 0 spiro atoms. The number of hydrogen-bond acceptors (Lipinski definition) is 5. The van der Waals surface area contributed by atoms with E-state index in [2.05, 4.69) is 22.2 Å². The lowest BCUT2D eigenvalue weighted by Crippen LogP contribution is -2.51. The number of rotatable bonds is 7. The summed E-state index contributed by atoms with van der Waals surface area (Å²) in [7, 11) is 0. The Morgan fingerprint density at radius 2 is 2.50 bits per heavy atom. The van der Waals surface area contributed by atoms with Gasteiger partial charge in [-0.25, -0.2) is 4.98 Å². The molecule has 1 aromatic rings. The van der Waals surface area contributed by atoms with Gasteiger partial charge in [0.2, 0.25) is 0 Å². The minimum absolute atomic E-state index is 0.101. The molecule has 0 aromatic carbocycles. The fourth-order valence-corrected chi connectivity index (χ4v) is 3.80. The van der Waals surface area contributed by atoms with Crippen molar-refractivity contribution < 1.29 is 9.53 Å². The highest BCUT2D eigenvalue weighted by atomic mass is 32.2. The number of nitrogens with zero attached hydrogens (tertiary/aromatic N) is 1. The highest BCUT2D eigenvalue weighted by Gasteiger charge is 2.46. The van der Waals surface area contributed by atoms with Crippen LogP contribution in [0, 0.1) is 0 Å². The van der Waals surface area contributed by atoms with E-state index in [-0.39, 0.29) is 5.97 Å². The van der Waals surface area contributed by atoms with E-state index in [1.165, 1.54) is 0 Å². The Morgan fingerprint density at radius 1 is 1.65 bits per heavy atom. The molecular weight excluding hydrogens is 274 g/mol. The molecule has 2 atom stereocenters. The number of nitrogens with one attached hydrogen (secondary N) is 2. The van der Waals surface area contributed by atoms with Gasteiger partial charge >= 0.3 is 5.97 Å². The minimum Gasteiger partial charge on any atom is -0.465 e. The third-order valence-corrected chi connectivity index (χ3v) is 4.78. The van der Waals surface area contributed by atoms with Crippen molar-refractivity contribution in [3.63, 3.8) is 0 Å². The molecule has 1 saturated carbocycles. The third kappa shape index (κ3) is 3.55. The standard InChI is InChI=1S/C14H23N3O2S/c1-3-7-17-14(12(18)19-4-2)6-5-11(10-14)20-13-15-8-9-16-13/h8-9,11,17H,3-7,10H2,1-2H3,(H,15,16). The number of hydrogen-bond donors (Lipinski definition) is 2. The van der Waals surface area contributed by atoms with Crippen LogP contribution in [-0.2, 0) is 9.53 Å². The summed E-state index contributed by atoms with van der Waals surface area (Å²) in [5, 5.41) is 4.74. The molecule has 1 aromatic heterocycles. The van der Waals surface area contributed by atoms with Crippen LogP contribution in [0.4, 0.5) is 0 Å². The molecule has 112 valence electrons. The molecule has 0 radical (unpaired) electrons. The smallest absolute Gasteiger partial charge is 0.326 e. The predicted octanol–water partition coefficient (Wildman–Crippen LogP) is 2.36. The summed E-state index contributed by atoms with van der Waals surface area (Å²) in [5.41, 5.74) is -0.504. The number of imidazole rings is 1. The van der Waals surface area contributed by atoms with Crippen LogP contribution in [0.15, 0.2) is 17.6 Å². The second-order valence-corrected chi connectivity index (χ2v) is 6.40. The maximum atomic E-state index is 12.3. The summed E-state index contributed by atoms with van der Waals surface area (Å²) in [4.78, 5) is 19.6. The Labute approximate surface area is 124 Å². The van der Waals surface area contributed by atoms with E-state index in [0.717, 1.165) is 37.4 Å². The van der Waals surface area contributed by atoms with Gasteiger partial charge in [-0.1, -0.05) is 18.7 Å². The molecular formula is C14H23N3O2S. The maximum Gasteiger partial charge on any atom is 0.326 e. The molecule has 2 N–H and O–H groups in total. The average molecular weight is 297 g/mol. The second kappa shape index (κ2) is 7.13. The highest BCUT2D eigenvalue weighted by molar-refractivity contribution is 7.99. The van der Waals surface area contributed by atoms with Crippen LogP contribution in [0.3, 0.4) is 0 Å². The van der Waals surface area contributed by atoms with Crippen LogP contribution < -0.4 is 5.32 Å². The first kappa shape index (κ1) is 15.4. The number of ether oxygens (including phenoxy) is 1. The Morgan fingerprint density at radius 3 is 3.15 bits per heavy atom. The van der Waals surface area contributed by atoms with Crippen LogP contribution in [0.1, 0.15) is 39.5 Å². The van der Waals surface area contributed by atoms with Gasteiger partial charge in [-0.15, -0.1) is 0 Å². The van der Waals surface area contributed by atoms with Gasteiger partial charge in [-0.2, -0.15) is 0 Å². The van der Waals surface area contributed by atoms with Gasteiger partial charge in [0.25, 0.3) is 0 Å². The fraction of sp³-hybridized carbons (Fsp3) is 0.714. The van der Waals surface area contributed by atoms with Gasteiger partial charge in [0.05, 0.1) is 6.61 Å². The fourth-order valence-electron chi connectivity index (χ4n) is 2.63. The van der Waals surface area contributed by atoms with Crippen molar-refractivity contribution in [3.8, 4) is 0 Å². The summed E-state index contributed by atoms with van der Waals surface area (Å²) in [6.45, 7) is 5.24. The Hall–Kier alpha value is -1.01. The molecule has 0 saturated heterocycles. The monoisotopic (exact) mass is 297 g/mol. The number of thioether (sulfide) groups is 1. The number of carbonyl (C=O) groups is 1. The van der Waals surface area contributed by atoms with Crippen molar-refractivity contribution in [1.82, 2.24) is 15.3 Å². The topological polar surface area (TPSA) is 67.0 Å². The highest BCUT2D eigenvalue weighted by Crippen LogP contribution is 2.40. The lowest BCUT2D eigenvalue weighted by atomic mass is 9.97. The van der Waals surface area contributed by atoms with Crippen LogP contribution in [0.2, 0.25) is 0 Å². The van der Waals surface area contributed by atoms with Crippen molar-refractivity contribution in [1.29, 1.82) is 0 Å². The van der Waals surface area contributed by atoms with Crippen LogP contribution in [0.25, 0.3) is 0 Å². The molecule has 5 nitrogen and oxygen atoms in total. The Kier molecular flexibility index (Phi) is 5.48. The van der Waals surface area contributed by atoms with Crippen molar-refractivity contribution in [2.45, 2.75) is 55.5 Å². The molecule has 0 aliphatic heterocycles. The quantitative estimate of drug-likeness (QED) is 0.756. The molecule has 1 heterocycles. The zero-order valence-corrected chi connectivity index (χ0v) is 13.0. The molecule has 2 unspecified atom stereocenters. The van der Waals surface area contributed by atoms with E-state index in [1.807, 2.05) is 13.1 Å². The molecule has 0 amide bonds. The van der Waals surface area contributed by atoms with Crippen molar-refractivity contribution in [2.75, 3.05) is 13.2 Å². The first-order valence-electron chi connectivity index (χ1n) is 7.28. The summed E-state index contributed by atoms with van der Waals surface area (Å²) in [5.74, 6) is -0.101. The molecule has 20 heavy (non-hydrogen) atoms. The van der Waals surface area contributed by atoms with Gasteiger partial charge < -0.3 is 15.0 Å². The Bertz CT molecular complexity index is 424. The van der Waals surface area contributed by atoms with Crippen LogP contribution >= 0.6 is 11.8 Å². The zero-order chi connectivity index (χ0) is 14.4. The van der Waals surface area contributed by atoms with Crippen LogP contribution in [0.5, 0.6) is 0 Å². The summed E-state index contributed by atoms with van der Waals surface area (Å²) < 4.78 is 5.28. The number of aromatic amines is 1. The number of aromatic nitrogens is 2. The number of carbonyl (C=O) groups excluding carboxylic acids is 1. The summed E-state index contributed by atoms with van der Waals surface area (Å²) in [6, 6.07) is 0. The van der Waals surface area contributed by atoms with Gasteiger partial charge in [0, 0.05) is 17.6 Å². The van der Waals surface area contributed by atoms with E-state index in [1.54, 1.807) is 18.0 Å². The molecule has 1 aliphatic carbocycles. The average Bonchev–Trinajstić information content (AvgIpc) is 3.08. The first-order valence-corrected chi connectivity index (χ1v) is 8.16. The van der Waals surface area contributed by atoms with Crippen LogP contribution in [-0.4, -0.2) is 39.9 Å². The normalized spacial score (nSPS) is 25.8. The number of H-pyrrole nitrogens is 1. The molecule has 1 fully saturated rings. The van der Waals surface area contributed by atoms with E-state index in [9.17, 15) is 4.79 Å². The van der Waals surface area contributed by atoms with E-state index in [4.69, 9.17) is 4.74 Å². The van der Waals surface area contributed by atoms with Gasteiger partial charge in [-0.3, -0.25) is 4.79 Å². The van der Waals surface area contributed by atoms with Crippen molar-refractivity contribution in [3.05, 3.63) is 12.4 Å². The lowest BCUT2D eigenvalue weighted by molar-refractivity contribution is -0.151. The van der Waals surface area contributed by atoms with Crippen molar-refractivity contribution >= 4 is 17.7 Å². The lowest BCUT2D eigenvalue weighted by Gasteiger charge is -2.28. The molecule has 6 heteroatoms. The van der Waals surface area contributed by atoms with E-state index >= 15 is 0 Å². The summed E-state index contributed by atoms with van der Waals surface area (Å²) >= 11 is 1.71. The maximum absolute atomic E-state index is 12.3. The molecule has 0 bridgehead atoms. The summed E-state index contributed by atoms with van der Waals surface area (Å²) in [6.07, 6.45) is 7.23. The number of esters is 1. The Balaban J connectivity index is 2.00. The second-order valence-electron chi connectivity index (χ2n) is 5.11. The van der Waals surface area contributed by atoms with E-state index in [0.29, 0.717) is 11.9 Å². The first-order chi connectivity index (χ1) is 9.70. The van der Waals surface area contributed by atoms with E-state index < -0.39 is 5.54 Å². The third-order valence-electron chi connectivity index (χ3n) is 3.60. The largest absolute Gasteiger partial charge is 0.465 e. The predicted molar refractivity (Wildman–Crippen MR) is 79.7 cm³/mol. The van der Waals surface area contributed by atoms with Gasteiger partial charge in [0.15, 0.2) is 5.16 Å². The van der Waals surface area contributed by atoms with Crippen molar-refractivity contribution in [2.24, 2.45) is 0 Å². The minimum atomic E-state index is -0.504.